The molecule has 0 spiro atoms. The minimum absolute atomic E-state index is 0.160. The van der Waals surface area contributed by atoms with Gasteiger partial charge in [-0.3, -0.25) is 4.79 Å². The summed E-state index contributed by atoms with van der Waals surface area (Å²) in [5, 5.41) is 3.82. The molecular weight excluding hydrogens is 433 g/mol. The molecule has 34 heavy (non-hydrogen) atoms. The molecule has 5 rings (SSSR count). The minimum atomic E-state index is -0.607. The molecule has 0 saturated carbocycles. The van der Waals surface area contributed by atoms with Crippen molar-refractivity contribution in [3.8, 4) is 5.75 Å². The van der Waals surface area contributed by atoms with E-state index in [1.165, 1.54) is 12.1 Å². The van der Waals surface area contributed by atoms with Gasteiger partial charge >= 0.3 is 0 Å². The third-order valence-electron chi connectivity index (χ3n) is 5.63. The number of amides is 1. The SMILES string of the molecule is Cn1ccnc1C(NC(=O)c1oc2ccccc2c1COc1ccccc1)c1ccc(F)cc1. The van der Waals surface area contributed by atoms with Gasteiger partial charge in [-0.05, 0) is 35.9 Å². The predicted octanol–water partition coefficient (Wildman–Crippen LogP) is 5.40. The van der Waals surface area contributed by atoms with Gasteiger partial charge in [0.2, 0.25) is 0 Å². The molecule has 0 aliphatic carbocycles. The molecule has 1 unspecified atom stereocenters. The summed E-state index contributed by atoms with van der Waals surface area (Å²) in [6.45, 7) is 0.160. The molecule has 2 heterocycles. The first kappa shape index (κ1) is 21.5. The molecule has 0 bridgehead atoms. The first-order chi connectivity index (χ1) is 16.6. The number of rotatable bonds is 7. The fourth-order valence-electron chi connectivity index (χ4n) is 3.90. The van der Waals surface area contributed by atoms with Crippen LogP contribution in [0, 0.1) is 5.82 Å². The number of aromatic nitrogens is 2. The van der Waals surface area contributed by atoms with Crippen LogP contribution in [0.4, 0.5) is 4.39 Å². The number of benzene rings is 3. The Bertz CT molecular complexity index is 1420. The number of imidazole rings is 1. The topological polar surface area (TPSA) is 69.3 Å². The van der Waals surface area contributed by atoms with Crippen molar-refractivity contribution < 1.29 is 18.3 Å². The summed E-state index contributed by atoms with van der Waals surface area (Å²) in [6.07, 6.45) is 3.44. The van der Waals surface area contributed by atoms with Crippen LogP contribution >= 0.6 is 0 Å². The fraction of sp³-hybridized carbons (Fsp3) is 0.111. The molecule has 6 nitrogen and oxygen atoms in total. The Hall–Kier alpha value is -4.39. The first-order valence-electron chi connectivity index (χ1n) is 10.8. The zero-order valence-electron chi connectivity index (χ0n) is 18.4. The monoisotopic (exact) mass is 455 g/mol. The van der Waals surface area contributed by atoms with Crippen LogP contribution in [0.1, 0.15) is 33.5 Å². The van der Waals surface area contributed by atoms with Crippen molar-refractivity contribution in [2.24, 2.45) is 7.05 Å². The van der Waals surface area contributed by atoms with Gasteiger partial charge in [-0.1, -0.05) is 48.5 Å². The number of hydrogen-bond acceptors (Lipinski definition) is 4. The van der Waals surface area contributed by atoms with Crippen molar-refractivity contribution in [1.82, 2.24) is 14.9 Å². The van der Waals surface area contributed by atoms with E-state index in [9.17, 15) is 9.18 Å². The van der Waals surface area contributed by atoms with Crippen LogP contribution in [0.3, 0.4) is 0 Å². The van der Waals surface area contributed by atoms with Gasteiger partial charge in [0.25, 0.3) is 5.91 Å². The van der Waals surface area contributed by atoms with E-state index < -0.39 is 11.9 Å². The lowest BCUT2D eigenvalue weighted by Crippen LogP contribution is -2.31. The summed E-state index contributed by atoms with van der Waals surface area (Å²) in [6, 6.07) is 22.2. The number of halogens is 1. The Balaban J connectivity index is 1.50. The van der Waals surface area contributed by atoms with Crippen LogP contribution in [0.2, 0.25) is 0 Å². The zero-order valence-corrected chi connectivity index (χ0v) is 18.4. The van der Waals surface area contributed by atoms with Crippen LogP contribution in [-0.4, -0.2) is 15.5 Å². The molecule has 0 aliphatic rings. The predicted molar refractivity (Wildman–Crippen MR) is 126 cm³/mol. The average Bonchev–Trinajstić information content (AvgIpc) is 3.46. The summed E-state index contributed by atoms with van der Waals surface area (Å²) in [7, 11) is 1.84. The molecule has 0 radical (unpaired) electrons. The lowest BCUT2D eigenvalue weighted by atomic mass is 10.1. The normalized spacial score (nSPS) is 11.9. The number of para-hydroxylation sites is 2. The van der Waals surface area contributed by atoms with Gasteiger partial charge in [0, 0.05) is 30.4 Å². The molecule has 0 saturated heterocycles. The lowest BCUT2D eigenvalue weighted by molar-refractivity contribution is 0.0912. The number of furan rings is 1. The summed E-state index contributed by atoms with van der Waals surface area (Å²) in [5.74, 6) is 0.694. The molecule has 170 valence electrons. The number of nitrogens with zero attached hydrogens (tertiary/aromatic N) is 2. The van der Waals surface area contributed by atoms with Gasteiger partial charge in [-0.25, -0.2) is 9.37 Å². The molecule has 7 heteroatoms. The van der Waals surface area contributed by atoms with E-state index >= 15 is 0 Å². The minimum Gasteiger partial charge on any atom is -0.489 e. The molecule has 2 aromatic heterocycles. The van der Waals surface area contributed by atoms with Crippen LogP contribution in [0.5, 0.6) is 5.75 Å². The summed E-state index contributed by atoms with van der Waals surface area (Å²) in [4.78, 5) is 17.9. The molecule has 5 aromatic rings. The van der Waals surface area contributed by atoms with Crippen molar-refractivity contribution in [2.45, 2.75) is 12.6 Å². The highest BCUT2D eigenvalue weighted by Crippen LogP contribution is 2.29. The van der Waals surface area contributed by atoms with Gasteiger partial charge < -0.3 is 19.0 Å². The van der Waals surface area contributed by atoms with E-state index in [1.54, 1.807) is 24.5 Å². The molecule has 1 atom stereocenters. The zero-order chi connectivity index (χ0) is 23.5. The Morgan fingerprint density at radius 1 is 1.06 bits per heavy atom. The second-order valence-corrected chi connectivity index (χ2v) is 7.86. The van der Waals surface area contributed by atoms with Gasteiger partial charge in [0.15, 0.2) is 5.76 Å². The molecule has 3 aromatic carbocycles. The van der Waals surface area contributed by atoms with Gasteiger partial charge in [0.1, 0.15) is 35.6 Å². The molecule has 0 aliphatic heterocycles. The van der Waals surface area contributed by atoms with Crippen LogP contribution in [-0.2, 0) is 13.7 Å². The molecule has 0 fully saturated rings. The maximum Gasteiger partial charge on any atom is 0.288 e. The first-order valence-corrected chi connectivity index (χ1v) is 10.8. The third-order valence-corrected chi connectivity index (χ3v) is 5.63. The number of aryl methyl sites for hydroxylation is 1. The second kappa shape index (κ2) is 9.23. The van der Waals surface area contributed by atoms with Crippen LogP contribution < -0.4 is 10.1 Å². The van der Waals surface area contributed by atoms with Crippen molar-refractivity contribution in [1.29, 1.82) is 0 Å². The van der Waals surface area contributed by atoms with E-state index in [0.717, 1.165) is 5.39 Å². The molecular formula is C27H22FN3O3. The number of nitrogens with one attached hydrogen (secondary N) is 1. The number of carbonyl (C=O) groups excluding carboxylic acids is 1. The standard InChI is InChI=1S/C27H22FN3O3/c1-31-16-15-29-26(31)24(18-11-13-19(28)14-12-18)30-27(32)25-22(17-33-20-7-3-2-4-8-20)21-9-5-6-10-23(21)34-25/h2-16,24H,17H2,1H3,(H,30,32). The van der Waals surface area contributed by atoms with Gasteiger partial charge in [-0.2, -0.15) is 0 Å². The van der Waals surface area contributed by atoms with Gasteiger partial charge in [-0.15, -0.1) is 0 Å². The molecule has 1 amide bonds. The van der Waals surface area contributed by atoms with E-state index in [1.807, 2.05) is 66.2 Å². The maximum absolute atomic E-state index is 13.6. The van der Waals surface area contributed by atoms with E-state index in [0.29, 0.717) is 28.3 Å². The van der Waals surface area contributed by atoms with Crippen molar-refractivity contribution in [3.63, 3.8) is 0 Å². The Morgan fingerprint density at radius 2 is 1.79 bits per heavy atom. The summed E-state index contributed by atoms with van der Waals surface area (Å²) >= 11 is 0. The highest BCUT2D eigenvalue weighted by Gasteiger charge is 2.26. The third kappa shape index (κ3) is 4.28. The Kier molecular flexibility index (Phi) is 5.82. The van der Waals surface area contributed by atoms with Crippen molar-refractivity contribution in [3.05, 3.63) is 120 Å². The average molecular weight is 455 g/mol. The highest BCUT2D eigenvalue weighted by atomic mass is 19.1. The van der Waals surface area contributed by atoms with E-state index in [2.05, 4.69) is 10.3 Å². The van der Waals surface area contributed by atoms with Gasteiger partial charge in [0.05, 0.1) is 0 Å². The fourth-order valence-corrected chi connectivity index (χ4v) is 3.90. The maximum atomic E-state index is 13.6. The number of fused-ring (bicyclic) bond motifs is 1. The highest BCUT2D eigenvalue weighted by molar-refractivity contribution is 5.99. The second-order valence-electron chi connectivity index (χ2n) is 7.86. The van der Waals surface area contributed by atoms with E-state index in [-0.39, 0.29) is 18.2 Å². The van der Waals surface area contributed by atoms with Crippen molar-refractivity contribution in [2.75, 3.05) is 0 Å². The number of ether oxygens (including phenoxy) is 1. The summed E-state index contributed by atoms with van der Waals surface area (Å²) < 4.78 is 27.3. The van der Waals surface area contributed by atoms with Crippen LogP contribution in [0.25, 0.3) is 11.0 Å². The number of carbonyl (C=O) groups is 1. The molecule has 1 N–H and O–H groups in total. The largest absolute Gasteiger partial charge is 0.489 e. The Morgan fingerprint density at radius 3 is 2.53 bits per heavy atom. The lowest BCUT2D eigenvalue weighted by Gasteiger charge is -2.19. The van der Waals surface area contributed by atoms with E-state index in [4.69, 9.17) is 9.15 Å². The van der Waals surface area contributed by atoms with Crippen LogP contribution in [0.15, 0.2) is 95.7 Å². The summed E-state index contributed by atoms with van der Waals surface area (Å²) in [5.41, 5.74) is 1.94. The Labute approximate surface area is 195 Å². The quantitative estimate of drug-likeness (QED) is 0.357. The number of hydrogen-bond donors (Lipinski definition) is 1. The van der Waals surface area contributed by atoms with Crippen molar-refractivity contribution >= 4 is 16.9 Å². The smallest absolute Gasteiger partial charge is 0.288 e.